The van der Waals surface area contributed by atoms with E-state index in [2.05, 4.69) is 32.9 Å². The van der Waals surface area contributed by atoms with E-state index in [1.54, 1.807) is 39.0 Å². The standard InChI is InChI=1S/C26H38F3N5O2/c1-17(26(27,28)29)23-19-8-6-9-21(32-18-10-14-34(5)15-11-18)20(19)16-22(33-23)30-12-7-13-31-24(35)36-25(2,3)4/h6,8-9,16-18,32H,7,10-15H2,1-5H3,(H,30,33)(H,31,35). The highest BCUT2D eigenvalue weighted by Crippen LogP contribution is 2.39. The van der Waals surface area contributed by atoms with Crippen molar-refractivity contribution < 1.29 is 22.7 Å². The molecule has 1 saturated heterocycles. The Kier molecular flexibility index (Phi) is 8.92. The van der Waals surface area contributed by atoms with E-state index in [0.717, 1.165) is 38.5 Å². The van der Waals surface area contributed by atoms with Crippen LogP contribution in [0.3, 0.4) is 0 Å². The molecule has 200 valence electrons. The summed E-state index contributed by atoms with van der Waals surface area (Å²) in [5, 5.41) is 10.6. The van der Waals surface area contributed by atoms with Crippen LogP contribution in [-0.2, 0) is 4.74 Å². The molecule has 1 atom stereocenters. The van der Waals surface area contributed by atoms with Crippen LogP contribution in [0.5, 0.6) is 0 Å². The Hall–Kier alpha value is -2.75. The zero-order valence-electron chi connectivity index (χ0n) is 21.8. The quantitative estimate of drug-likeness (QED) is 0.394. The van der Waals surface area contributed by atoms with E-state index in [9.17, 15) is 18.0 Å². The van der Waals surface area contributed by atoms with Crippen LogP contribution in [-0.4, -0.2) is 67.0 Å². The van der Waals surface area contributed by atoms with Crippen LogP contribution in [0.4, 0.5) is 29.5 Å². The highest BCUT2D eigenvalue weighted by molar-refractivity contribution is 5.97. The van der Waals surface area contributed by atoms with Gasteiger partial charge in [0.05, 0.1) is 11.6 Å². The fraction of sp³-hybridized carbons (Fsp3) is 0.615. The van der Waals surface area contributed by atoms with Gasteiger partial charge in [-0.15, -0.1) is 0 Å². The number of hydrogen-bond acceptors (Lipinski definition) is 6. The van der Waals surface area contributed by atoms with Crippen molar-refractivity contribution in [1.29, 1.82) is 0 Å². The molecule has 0 bridgehead atoms. The summed E-state index contributed by atoms with van der Waals surface area (Å²) in [7, 11) is 2.09. The molecular weight excluding hydrogens is 471 g/mol. The number of aromatic nitrogens is 1. The van der Waals surface area contributed by atoms with E-state index >= 15 is 0 Å². The van der Waals surface area contributed by atoms with E-state index in [1.807, 2.05) is 6.07 Å². The van der Waals surface area contributed by atoms with Gasteiger partial charge in [0.15, 0.2) is 0 Å². The Morgan fingerprint density at radius 1 is 1.17 bits per heavy atom. The number of pyridine rings is 1. The Morgan fingerprint density at radius 3 is 2.50 bits per heavy atom. The molecule has 1 aliphatic rings. The number of ether oxygens (including phenoxy) is 1. The van der Waals surface area contributed by atoms with Gasteiger partial charge in [-0.3, -0.25) is 0 Å². The fourth-order valence-corrected chi connectivity index (χ4v) is 4.19. The smallest absolute Gasteiger partial charge is 0.407 e. The highest BCUT2D eigenvalue weighted by atomic mass is 19.4. The lowest BCUT2D eigenvalue weighted by atomic mass is 9.98. The second-order valence-corrected chi connectivity index (χ2v) is 10.5. The molecule has 0 spiro atoms. The van der Waals surface area contributed by atoms with Crippen LogP contribution in [0.1, 0.15) is 58.6 Å². The number of anilines is 2. The number of nitrogens with zero attached hydrogens (tertiary/aromatic N) is 2. The molecule has 7 nitrogen and oxygen atoms in total. The van der Waals surface area contributed by atoms with Gasteiger partial charge in [0, 0.05) is 35.6 Å². The molecule has 3 N–H and O–H groups in total. The minimum atomic E-state index is -4.41. The molecule has 2 heterocycles. The lowest BCUT2D eigenvalue weighted by Gasteiger charge is -2.30. The number of carbonyl (C=O) groups excluding carboxylic acids is 1. The van der Waals surface area contributed by atoms with Gasteiger partial charge in [0.2, 0.25) is 0 Å². The molecule has 36 heavy (non-hydrogen) atoms. The van der Waals surface area contributed by atoms with E-state index in [0.29, 0.717) is 36.1 Å². The maximum Gasteiger partial charge on any atom is 0.407 e. The third kappa shape index (κ3) is 7.88. The zero-order chi connectivity index (χ0) is 26.5. The summed E-state index contributed by atoms with van der Waals surface area (Å²) in [4.78, 5) is 18.4. The van der Waals surface area contributed by atoms with Crippen molar-refractivity contribution in [3.05, 3.63) is 30.0 Å². The first-order valence-corrected chi connectivity index (χ1v) is 12.5. The number of fused-ring (bicyclic) bond motifs is 1. The summed E-state index contributed by atoms with van der Waals surface area (Å²) in [6.45, 7) is 9.25. The fourth-order valence-electron chi connectivity index (χ4n) is 4.19. The molecule has 3 rings (SSSR count). The van der Waals surface area contributed by atoms with Crippen molar-refractivity contribution in [2.45, 2.75) is 70.7 Å². The topological polar surface area (TPSA) is 78.5 Å². The second kappa shape index (κ2) is 11.5. The first-order chi connectivity index (χ1) is 16.8. The average molecular weight is 510 g/mol. The normalized spacial score (nSPS) is 16.6. The molecule has 1 fully saturated rings. The Morgan fingerprint density at radius 2 is 1.86 bits per heavy atom. The number of likely N-dealkylation sites (tertiary alicyclic amines) is 1. The van der Waals surface area contributed by atoms with Crippen LogP contribution in [0.15, 0.2) is 24.3 Å². The number of hydrogen-bond donors (Lipinski definition) is 3. The van der Waals surface area contributed by atoms with Gasteiger partial charge in [-0.2, -0.15) is 13.2 Å². The summed E-state index contributed by atoms with van der Waals surface area (Å²) in [6.07, 6.45) is -2.41. The molecule has 0 saturated carbocycles. The average Bonchev–Trinajstić information content (AvgIpc) is 2.78. The third-order valence-corrected chi connectivity index (χ3v) is 6.21. The van der Waals surface area contributed by atoms with Crippen molar-refractivity contribution in [1.82, 2.24) is 15.2 Å². The lowest BCUT2D eigenvalue weighted by molar-refractivity contribution is -0.146. The molecule has 2 aromatic rings. The van der Waals surface area contributed by atoms with Crippen LogP contribution in [0.25, 0.3) is 10.8 Å². The maximum absolute atomic E-state index is 13.7. The summed E-state index contributed by atoms with van der Waals surface area (Å²) < 4.78 is 46.4. The van der Waals surface area contributed by atoms with Gasteiger partial charge >= 0.3 is 12.3 Å². The Bertz CT molecular complexity index is 1030. The number of alkyl carbamates (subject to hydrolysis) is 1. The Balaban J connectivity index is 1.77. The van der Waals surface area contributed by atoms with Gasteiger partial charge in [0.1, 0.15) is 11.4 Å². The number of alkyl halides is 3. The molecule has 1 unspecified atom stereocenters. The minimum Gasteiger partial charge on any atom is -0.444 e. The first-order valence-electron chi connectivity index (χ1n) is 12.5. The zero-order valence-corrected chi connectivity index (χ0v) is 21.8. The largest absolute Gasteiger partial charge is 0.444 e. The van der Waals surface area contributed by atoms with Crippen molar-refractivity contribution in [3.63, 3.8) is 0 Å². The van der Waals surface area contributed by atoms with Crippen molar-refractivity contribution in [2.75, 3.05) is 43.9 Å². The molecule has 10 heteroatoms. The first kappa shape index (κ1) is 27.8. The van der Waals surface area contributed by atoms with Crippen molar-refractivity contribution >= 4 is 28.4 Å². The van der Waals surface area contributed by atoms with Gasteiger partial charge in [-0.05, 0) is 79.2 Å². The van der Waals surface area contributed by atoms with Crippen molar-refractivity contribution in [2.24, 2.45) is 0 Å². The lowest BCUT2D eigenvalue weighted by Crippen LogP contribution is -2.36. The van der Waals surface area contributed by atoms with Crippen molar-refractivity contribution in [3.8, 4) is 0 Å². The maximum atomic E-state index is 13.7. The Labute approximate surface area is 211 Å². The number of halogens is 3. The number of benzene rings is 1. The van der Waals surface area contributed by atoms with E-state index in [1.165, 1.54) is 0 Å². The summed E-state index contributed by atoms with van der Waals surface area (Å²) >= 11 is 0. The van der Waals surface area contributed by atoms with E-state index < -0.39 is 23.8 Å². The summed E-state index contributed by atoms with van der Waals surface area (Å²) in [5.41, 5.74) is 0.235. The van der Waals surface area contributed by atoms with Gasteiger partial charge < -0.3 is 25.6 Å². The van der Waals surface area contributed by atoms with Gasteiger partial charge in [-0.1, -0.05) is 12.1 Å². The molecule has 0 aliphatic carbocycles. The predicted molar refractivity (Wildman–Crippen MR) is 138 cm³/mol. The molecule has 1 aromatic heterocycles. The summed E-state index contributed by atoms with van der Waals surface area (Å²) in [6, 6.07) is 7.47. The van der Waals surface area contributed by atoms with Gasteiger partial charge in [-0.25, -0.2) is 9.78 Å². The number of carbonyl (C=O) groups is 1. The molecular formula is C26H38F3N5O2. The third-order valence-electron chi connectivity index (χ3n) is 6.21. The van der Waals surface area contributed by atoms with Crippen LogP contribution < -0.4 is 16.0 Å². The number of piperidine rings is 1. The summed E-state index contributed by atoms with van der Waals surface area (Å²) in [5.74, 6) is -1.34. The molecule has 1 amide bonds. The molecule has 1 aliphatic heterocycles. The monoisotopic (exact) mass is 509 g/mol. The molecule has 0 radical (unpaired) electrons. The minimum absolute atomic E-state index is 0.00130. The SMILES string of the molecule is CC(c1nc(NCCCNC(=O)OC(C)(C)C)cc2c(NC3CCN(C)CC3)cccc12)C(F)(F)F. The van der Waals surface area contributed by atoms with Gasteiger partial charge in [0.25, 0.3) is 0 Å². The van der Waals surface area contributed by atoms with Crippen LogP contribution >= 0.6 is 0 Å². The van der Waals surface area contributed by atoms with E-state index in [-0.39, 0.29) is 11.7 Å². The van der Waals surface area contributed by atoms with E-state index in [4.69, 9.17) is 4.74 Å². The number of amides is 1. The highest BCUT2D eigenvalue weighted by Gasteiger charge is 2.39. The van der Waals surface area contributed by atoms with Crippen LogP contribution in [0, 0.1) is 0 Å². The molecule has 1 aromatic carbocycles. The second-order valence-electron chi connectivity index (χ2n) is 10.5. The number of nitrogens with one attached hydrogen (secondary N) is 3. The predicted octanol–water partition coefficient (Wildman–Crippen LogP) is 5.73. The number of rotatable bonds is 8. The van der Waals surface area contributed by atoms with Crippen LogP contribution in [0.2, 0.25) is 0 Å².